The van der Waals surface area contributed by atoms with Crippen LogP contribution in [0.3, 0.4) is 0 Å². The molecule has 1 unspecified atom stereocenters. The highest BCUT2D eigenvalue weighted by Crippen LogP contribution is 2.81. The van der Waals surface area contributed by atoms with E-state index in [2.05, 4.69) is 13.8 Å². The van der Waals surface area contributed by atoms with Crippen molar-refractivity contribution in [2.75, 3.05) is 0 Å². The number of hydrogen-bond donors (Lipinski definition) is 0. The Morgan fingerprint density at radius 3 is 2.60 bits per heavy atom. The maximum absolute atomic E-state index is 2.45. The zero-order valence-corrected chi connectivity index (χ0v) is 7.19. The van der Waals surface area contributed by atoms with Crippen molar-refractivity contribution in [2.24, 2.45) is 0 Å². The Labute approximate surface area is 64.5 Å². The lowest BCUT2D eigenvalue weighted by molar-refractivity contribution is 0.876. The summed E-state index contributed by atoms with van der Waals surface area (Å²) in [6.07, 6.45) is 7.50. The summed E-state index contributed by atoms with van der Waals surface area (Å²) in [6.45, 7) is 5.90. The second-order valence-corrected chi connectivity index (χ2v) is 4.27. The predicted octanol–water partition coefficient (Wildman–Crippen LogP) is 3.22. The average molecular weight is 136 g/mol. The van der Waals surface area contributed by atoms with E-state index in [1.165, 1.54) is 19.2 Å². The van der Waals surface area contributed by atoms with Gasteiger partial charge in [-0.3, -0.25) is 0 Å². The van der Waals surface area contributed by atoms with Crippen LogP contribution in [0.25, 0.3) is 0 Å². The van der Waals surface area contributed by atoms with Gasteiger partial charge in [-0.15, -0.1) is 0 Å². The van der Waals surface area contributed by atoms with Crippen LogP contribution in [0, 0.1) is 0 Å². The van der Waals surface area contributed by atoms with Gasteiger partial charge in [0.05, 0.1) is 0 Å². The van der Waals surface area contributed by atoms with E-state index in [-0.39, 0.29) is 0 Å². The largest absolute Gasteiger partial charge is 0.148 e. The summed E-state index contributed by atoms with van der Waals surface area (Å²) < 4.78 is 0. The minimum absolute atomic E-state index is 0.926. The summed E-state index contributed by atoms with van der Waals surface area (Å²) in [5.74, 6) is 1.10. The third kappa shape index (κ3) is 0.757. The lowest BCUT2D eigenvalue weighted by Gasteiger charge is -1.90. The van der Waals surface area contributed by atoms with Crippen molar-refractivity contribution < 1.29 is 0 Å². The predicted molar refractivity (Wildman–Crippen MR) is 46.8 cm³/mol. The highest BCUT2D eigenvalue weighted by atomic mass is 14.6. The SMILES string of the molecule is CCCCB1C(C)C12CC2. The molecule has 1 atom stereocenters. The third-order valence-electron chi connectivity index (χ3n) is 3.84. The Morgan fingerprint density at radius 2 is 2.20 bits per heavy atom. The fourth-order valence-corrected chi connectivity index (χ4v) is 2.73. The molecule has 1 saturated heterocycles. The van der Waals surface area contributed by atoms with Crippen LogP contribution in [0.15, 0.2) is 0 Å². The number of unbranched alkanes of at least 4 members (excludes halogenated alkanes) is 1. The Morgan fingerprint density at radius 1 is 1.50 bits per heavy atom. The van der Waals surface area contributed by atoms with Gasteiger partial charge in [-0.2, -0.15) is 0 Å². The van der Waals surface area contributed by atoms with E-state index < -0.39 is 0 Å². The Hall–Kier alpha value is 0.0649. The van der Waals surface area contributed by atoms with Crippen molar-refractivity contribution in [2.45, 2.75) is 57.0 Å². The molecule has 1 saturated carbocycles. The van der Waals surface area contributed by atoms with E-state index in [9.17, 15) is 0 Å². The smallest absolute Gasteiger partial charge is 0.0735 e. The molecule has 0 amide bonds. The van der Waals surface area contributed by atoms with E-state index in [0.717, 1.165) is 17.8 Å². The molecule has 1 heteroatoms. The van der Waals surface area contributed by atoms with E-state index in [1.54, 1.807) is 12.8 Å². The molecular weight excluding hydrogens is 119 g/mol. The molecule has 10 heavy (non-hydrogen) atoms. The summed E-state index contributed by atoms with van der Waals surface area (Å²) in [5, 5.41) is 0.926. The molecule has 2 rings (SSSR count). The second-order valence-electron chi connectivity index (χ2n) is 4.27. The number of hydrogen-bond acceptors (Lipinski definition) is 0. The normalized spacial score (nSPS) is 33.0. The third-order valence-corrected chi connectivity index (χ3v) is 3.84. The zero-order valence-electron chi connectivity index (χ0n) is 7.19. The van der Waals surface area contributed by atoms with E-state index in [4.69, 9.17) is 0 Å². The summed E-state index contributed by atoms with van der Waals surface area (Å²) in [4.78, 5) is 0. The van der Waals surface area contributed by atoms with Gasteiger partial charge < -0.3 is 0 Å². The quantitative estimate of drug-likeness (QED) is 0.522. The van der Waals surface area contributed by atoms with Crippen LogP contribution in [0.4, 0.5) is 0 Å². The Kier molecular flexibility index (Phi) is 1.37. The van der Waals surface area contributed by atoms with Gasteiger partial charge in [0, 0.05) is 0 Å². The maximum atomic E-state index is 2.45. The topological polar surface area (TPSA) is 0 Å². The molecule has 0 aromatic rings. The molecule has 1 heterocycles. The van der Waals surface area contributed by atoms with Crippen LogP contribution in [0.5, 0.6) is 0 Å². The molecule has 0 bridgehead atoms. The van der Waals surface area contributed by atoms with Crippen molar-refractivity contribution in [1.29, 1.82) is 0 Å². The van der Waals surface area contributed by atoms with Crippen LogP contribution in [-0.2, 0) is 0 Å². The van der Waals surface area contributed by atoms with Gasteiger partial charge in [0.1, 0.15) is 6.71 Å². The average Bonchev–Trinajstić information content (AvgIpc) is 2.78. The number of rotatable bonds is 3. The molecule has 0 aromatic carbocycles. The van der Waals surface area contributed by atoms with E-state index in [0.29, 0.717) is 0 Å². The van der Waals surface area contributed by atoms with Gasteiger partial charge in [-0.25, -0.2) is 0 Å². The van der Waals surface area contributed by atoms with Gasteiger partial charge in [0.25, 0.3) is 0 Å². The summed E-state index contributed by atoms with van der Waals surface area (Å²) in [6, 6.07) is 0. The van der Waals surface area contributed by atoms with Gasteiger partial charge >= 0.3 is 0 Å². The first-order chi connectivity index (χ1) is 4.81. The minimum Gasteiger partial charge on any atom is -0.0735 e. The zero-order chi connectivity index (χ0) is 7.19. The molecule has 56 valence electrons. The molecule has 2 fully saturated rings. The molecule has 0 nitrogen and oxygen atoms in total. The van der Waals surface area contributed by atoms with E-state index in [1.807, 2.05) is 0 Å². The lowest BCUT2D eigenvalue weighted by Crippen LogP contribution is -1.89. The highest BCUT2D eigenvalue weighted by Gasteiger charge is 2.69. The van der Waals surface area contributed by atoms with Gasteiger partial charge in [0.2, 0.25) is 0 Å². The van der Waals surface area contributed by atoms with Crippen LogP contribution < -0.4 is 0 Å². The molecule has 0 radical (unpaired) electrons. The first kappa shape index (κ1) is 6.76. The van der Waals surface area contributed by atoms with Crippen molar-refractivity contribution >= 4 is 6.71 Å². The molecule has 0 N–H and O–H groups in total. The Balaban J connectivity index is 1.77. The van der Waals surface area contributed by atoms with Crippen LogP contribution in [0.1, 0.15) is 39.5 Å². The van der Waals surface area contributed by atoms with Crippen molar-refractivity contribution in [1.82, 2.24) is 0 Å². The molecule has 1 aliphatic heterocycles. The summed E-state index contributed by atoms with van der Waals surface area (Å²) >= 11 is 0. The minimum atomic E-state index is 0.926. The maximum Gasteiger partial charge on any atom is 0.148 e. The van der Waals surface area contributed by atoms with Crippen LogP contribution in [-0.4, -0.2) is 6.71 Å². The monoisotopic (exact) mass is 136 g/mol. The molecule has 0 aromatic heterocycles. The van der Waals surface area contributed by atoms with Gasteiger partial charge in [-0.1, -0.05) is 57.0 Å². The molecule has 1 aliphatic carbocycles. The second kappa shape index (κ2) is 2.02. The highest BCUT2D eigenvalue weighted by molar-refractivity contribution is 6.77. The lowest BCUT2D eigenvalue weighted by atomic mass is 9.60. The van der Waals surface area contributed by atoms with Gasteiger partial charge in [-0.05, 0) is 0 Å². The first-order valence-electron chi connectivity index (χ1n) is 4.81. The van der Waals surface area contributed by atoms with E-state index >= 15 is 0 Å². The fourth-order valence-electron chi connectivity index (χ4n) is 2.73. The Bertz CT molecular complexity index is 138. The fraction of sp³-hybridized carbons (Fsp3) is 1.00. The van der Waals surface area contributed by atoms with Crippen molar-refractivity contribution in [3.05, 3.63) is 0 Å². The molecular formula is C9H17B. The van der Waals surface area contributed by atoms with Crippen LogP contribution in [0.2, 0.25) is 17.5 Å². The summed E-state index contributed by atoms with van der Waals surface area (Å²) in [7, 11) is 0. The first-order valence-corrected chi connectivity index (χ1v) is 4.81. The summed E-state index contributed by atoms with van der Waals surface area (Å²) in [5.41, 5.74) is 0. The molecule has 2 aliphatic rings. The molecule has 1 spiro atoms. The van der Waals surface area contributed by atoms with Crippen molar-refractivity contribution in [3.8, 4) is 0 Å². The van der Waals surface area contributed by atoms with Crippen molar-refractivity contribution in [3.63, 3.8) is 0 Å². The van der Waals surface area contributed by atoms with Crippen LogP contribution >= 0.6 is 0 Å². The standard InChI is InChI=1S/C9H17B/c1-3-4-7-10-8(2)9(10)5-6-9/h8H,3-7H2,1-2H3. The van der Waals surface area contributed by atoms with Gasteiger partial charge in [0.15, 0.2) is 0 Å².